The molecule has 0 bridgehead atoms. The van der Waals surface area contributed by atoms with Crippen LogP contribution in [-0.2, 0) is 10.0 Å². The quantitative estimate of drug-likeness (QED) is 0.334. The zero-order valence-corrected chi connectivity index (χ0v) is 18.9. The molecule has 0 aliphatic rings. The van der Waals surface area contributed by atoms with Gasteiger partial charge in [-0.25, -0.2) is 8.42 Å². The summed E-state index contributed by atoms with van der Waals surface area (Å²) in [4.78, 5) is 10.8. The van der Waals surface area contributed by atoms with E-state index >= 15 is 0 Å². The molecular formula is C20H26N4O6S. The Hall–Kier alpha value is -3.18. The Morgan fingerprint density at radius 3 is 2.35 bits per heavy atom. The van der Waals surface area contributed by atoms with E-state index in [1.54, 1.807) is 39.0 Å². The van der Waals surface area contributed by atoms with Crippen LogP contribution in [0.4, 0.5) is 11.4 Å². The molecule has 0 atom stereocenters. The van der Waals surface area contributed by atoms with Crippen LogP contribution in [0, 0.1) is 10.1 Å². The molecule has 0 saturated heterocycles. The fourth-order valence-electron chi connectivity index (χ4n) is 2.93. The molecule has 0 radical (unpaired) electrons. The molecule has 0 aromatic heterocycles. The number of rotatable bonds is 10. The van der Waals surface area contributed by atoms with Crippen LogP contribution in [0.5, 0.6) is 11.5 Å². The largest absolute Gasteiger partial charge is 0.497 e. The molecule has 0 aliphatic carbocycles. The molecule has 31 heavy (non-hydrogen) atoms. The Morgan fingerprint density at radius 1 is 1.13 bits per heavy atom. The summed E-state index contributed by atoms with van der Waals surface area (Å²) in [6.45, 7) is 5.64. The third-order valence-corrected chi connectivity index (χ3v) is 6.70. The van der Waals surface area contributed by atoms with Gasteiger partial charge in [0, 0.05) is 24.7 Å². The highest BCUT2D eigenvalue weighted by molar-refractivity contribution is 7.89. The van der Waals surface area contributed by atoms with Crippen molar-refractivity contribution in [1.82, 2.24) is 4.31 Å². The Balaban J connectivity index is 2.43. The number of nitro groups is 1. The van der Waals surface area contributed by atoms with Crippen molar-refractivity contribution in [2.75, 3.05) is 32.7 Å². The molecule has 0 heterocycles. The first-order chi connectivity index (χ1) is 14.7. The second-order valence-corrected chi connectivity index (χ2v) is 8.34. The van der Waals surface area contributed by atoms with Gasteiger partial charge in [-0.15, -0.1) is 0 Å². The monoisotopic (exact) mass is 450 g/mol. The van der Waals surface area contributed by atoms with Gasteiger partial charge >= 0.3 is 0 Å². The highest BCUT2D eigenvalue weighted by Gasteiger charge is 2.25. The van der Waals surface area contributed by atoms with Crippen LogP contribution in [-0.4, -0.2) is 50.7 Å². The van der Waals surface area contributed by atoms with Crippen molar-refractivity contribution in [3.63, 3.8) is 0 Å². The minimum Gasteiger partial charge on any atom is -0.497 e. The van der Waals surface area contributed by atoms with Crippen LogP contribution < -0.4 is 14.9 Å². The number of sulfonamides is 1. The summed E-state index contributed by atoms with van der Waals surface area (Å²) < 4.78 is 37.2. The van der Waals surface area contributed by atoms with E-state index in [4.69, 9.17) is 9.47 Å². The topological polar surface area (TPSA) is 123 Å². The summed E-state index contributed by atoms with van der Waals surface area (Å²) in [7, 11) is -0.775. The summed E-state index contributed by atoms with van der Waals surface area (Å²) in [5.41, 5.74) is 3.45. The standard InChI is InChI=1S/C20H26N4O6S/c1-6-23(7-2)31(27,28)16-9-10-18(19(13-16)24(25)26)22-21-14(3)17-12-15(29-4)8-11-20(17)30-5/h8-13,22H,6-7H2,1-5H3. The molecule has 2 rings (SSSR count). The highest BCUT2D eigenvalue weighted by atomic mass is 32.2. The molecule has 0 saturated carbocycles. The first kappa shape index (κ1) is 24.1. The van der Waals surface area contributed by atoms with E-state index in [0.717, 1.165) is 6.07 Å². The van der Waals surface area contributed by atoms with Crippen molar-refractivity contribution in [3.05, 3.63) is 52.1 Å². The Morgan fingerprint density at radius 2 is 1.81 bits per heavy atom. The Kier molecular flexibility index (Phi) is 7.95. The van der Waals surface area contributed by atoms with Crippen molar-refractivity contribution < 1.29 is 22.8 Å². The van der Waals surface area contributed by atoms with E-state index in [-0.39, 0.29) is 23.7 Å². The Bertz CT molecular complexity index is 1080. The van der Waals surface area contributed by atoms with Gasteiger partial charge in [0.2, 0.25) is 10.0 Å². The van der Waals surface area contributed by atoms with E-state index in [2.05, 4.69) is 10.5 Å². The van der Waals surface area contributed by atoms with Crippen LogP contribution >= 0.6 is 0 Å². The van der Waals surface area contributed by atoms with Crippen LogP contribution in [0.15, 0.2) is 46.4 Å². The van der Waals surface area contributed by atoms with Crippen molar-refractivity contribution in [3.8, 4) is 11.5 Å². The lowest BCUT2D eigenvalue weighted by molar-refractivity contribution is -0.384. The lowest BCUT2D eigenvalue weighted by Gasteiger charge is -2.18. The second kappa shape index (κ2) is 10.2. The second-order valence-electron chi connectivity index (χ2n) is 6.40. The van der Waals surface area contributed by atoms with Crippen molar-refractivity contribution in [1.29, 1.82) is 0 Å². The van der Waals surface area contributed by atoms with Crippen molar-refractivity contribution in [2.24, 2.45) is 5.10 Å². The maximum absolute atomic E-state index is 12.7. The average Bonchev–Trinajstić information content (AvgIpc) is 2.77. The van der Waals surface area contributed by atoms with Gasteiger partial charge < -0.3 is 9.47 Å². The van der Waals surface area contributed by atoms with E-state index in [0.29, 0.717) is 22.8 Å². The van der Waals surface area contributed by atoms with Crippen LogP contribution in [0.25, 0.3) is 0 Å². The predicted octanol–water partition coefficient (Wildman–Crippen LogP) is 3.48. The first-order valence-electron chi connectivity index (χ1n) is 9.50. The lowest BCUT2D eigenvalue weighted by Crippen LogP contribution is -2.30. The minimum absolute atomic E-state index is 0.0599. The minimum atomic E-state index is -3.83. The van der Waals surface area contributed by atoms with E-state index < -0.39 is 20.6 Å². The fourth-order valence-corrected chi connectivity index (χ4v) is 4.41. The Labute approximate surface area is 181 Å². The summed E-state index contributed by atoms with van der Waals surface area (Å²) >= 11 is 0. The lowest BCUT2D eigenvalue weighted by atomic mass is 10.1. The van der Waals surface area contributed by atoms with Gasteiger partial charge in [-0.05, 0) is 37.3 Å². The maximum atomic E-state index is 12.7. The number of nitrogens with one attached hydrogen (secondary N) is 1. The normalized spacial score (nSPS) is 12.0. The summed E-state index contributed by atoms with van der Waals surface area (Å²) in [6.07, 6.45) is 0. The molecule has 1 N–H and O–H groups in total. The summed E-state index contributed by atoms with van der Waals surface area (Å²) in [5.74, 6) is 1.15. The fraction of sp³-hybridized carbons (Fsp3) is 0.350. The molecule has 0 spiro atoms. The average molecular weight is 451 g/mol. The number of hydrazone groups is 1. The van der Waals surface area contributed by atoms with Gasteiger partial charge in [0.05, 0.1) is 29.8 Å². The zero-order valence-electron chi connectivity index (χ0n) is 18.1. The van der Waals surface area contributed by atoms with Gasteiger partial charge in [0.15, 0.2) is 0 Å². The number of nitro benzene ring substituents is 1. The summed E-state index contributed by atoms with van der Waals surface area (Å²) in [6, 6.07) is 8.87. The molecule has 2 aromatic carbocycles. The van der Waals surface area contributed by atoms with Crippen molar-refractivity contribution in [2.45, 2.75) is 25.7 Å². The third kappa shape index (κ3) is 5.30. The molecular weight excluding hydrogens is 424 g/mol. The molecule has 2 aromatic rings. The highest BCUT2D eigenvalue weighted by Crippen LogP contribution is 2.30. The molecule has 0 fully saturated rings. The number of anilines is 1. The zero-order chi connectivity index (χ0) is 23.2. The number of nitrogens with zero attached hydrogens (tertiary/aromatic N) is 3. The van der Waals surface area contributed by atoms with Gasteiger partial charge in [-0.1, -0.05) is 13.8 Å². The molecule has 0 unspecified atom stereocenters. The molecule has 0 amide bonds. The number of hydrogen-bond acceptors (Lipinski definition) is 8. The number of methoxy groups -OCH3 is 2. The SMILES string of the molecule is CCN(CC)S(=O)(=O)c1ccc(NN=C(C)c2cc(OC)ccc2OC)c([N+](=O)[O-])c1. The predicted molar refractivity (Wildman–Crippen MR) is 119 cm³/mol. The van der Waals surface area contributed by atoms with Gasteiger partial charge in [0.25, 0.3) is 5.69 Å². The van der Waals surface area contributed by atoms with E-state index in [9.17, 15) is 18.5 Å². The van der Waals surface area contributed by atoms with E-state index in [1.165, 1.54) is 30.7 Å². The third-order valence-electron chi connectivity index (χ3n) is 4.65. The molecule has 11 heteroatoms. The maximum Gasteiger partial charge on any atom is 0.295 e. The van der Waals surface area contributed by atoms with Gasteiger partial charge in [-0.3, -0.25) is 15.5 Å². The first-order valence-corrected chi connectivity index (χ1v) is 10.9. The van der Waals surface area contributed by atoms with Crippen LogP contribution in [0.3, 0.4) is 0 Å². The van der Waals surface area contributed by atoms with E-state index in [1.807, 2.05) is 0 Å². The molecule has 168 valence electrons. The number of benzene rings is 2. The van der Waals surface area contributed by atoms with Gasteiger partial charge in [-0.2, -0.15) is 9.41 Å². The van der Waals surface area contributed by atoms with Gasteiger partial charge in [0.1, 0.15) is 17.2 Å². The van der Waals surface area contributed by atoms with Crippen LogP contribution in [0.2, 0.25) is 0 Å². The molecule has 0 aliphatic heterocycles. The number of ether oxygens (including phenoxy) is 2. The summed E-state index contributed by atoms with van der Waals surface area (Å²) in [5, 5.41) is 15.8. The van der Waals surface area contributed by atoms with Crippen molar-refractivity contribution >= 4 is 27.1 Å². The number of hydrogen-bond donors (Lipinski definition) is 1. The van der Waals surface area contributed by atoms with Crippen LogP contribution in [0.1, 0.15) is 26.3 Å². The smallest absolute Gasteiger partial charge is 0.295 e. The molecule has 10 nitrogen and oxygen atoms in total.